The highest BCUT2D eigenvalue weighted by atomic mass is 35.5. The fraction of sp³-hybridized carbons (Fsp3) is 0.300. The second-order valence-electron chi connectivity index (χ2n) is 6.73. The summed E-state index contributed by atoms with van der Waals surface area (Å²) in [6.45, 7) is 0.826. The van der Waals surface area contributed by atoms with Gasteiger partial charge in [0.15, 0.2) is 0 Å². The molecule has 7 nitrogen and oxygen atoms in total. The molecule has 2 aromatic rings. The molecule has 0 bridgehead atoms. The molecule has 9 heteroatoms. The molecular weight excluding hydrogens is 416 g/mol. The van der Waals surface area contributed by atoms with E-state index in [0.717, 1.165) is 5.56 Å². The number of rotatable bonds is 4. The van der Waals surface area contributed by atoms with E-state index in [9.17, 15) is 18.7 Å². The summed E-state index contributed by atoms with van der Waals surface area (Å²) in [6.07, 6.45) is 0. The van der Waals surface area contributed by atoms with Crippen LogP contribution in [0.5, 0.6) is 0 Å². The summed E-state index contributed by atoms with van der Waals surface area (Å²) < 4.78 is 24.4. The van der Waals surface area contributed by atoms with E-state index >= 15 is 0 Å². The normalized spacial score (nSPS) is 16.8. The van der Waals surface area contributed by atoms with E-state index < -0.39 is 16.6 Å². The Kier molecular flexibility index (Phi) is 6.69. The molecule has 29 heavy (non-hydrogen) atoms. The Morgan fingerprint density at radius 2 is 1.79 bits per heavy atom. The van der Waals surface area contributed by atoms with Crippen LogP contribution < -0.4 is 4.90 Å². The number of anilines is 1. The third-order valence-corrected chi connectivity index (χ3v) is 6.62. The number of urea groups is 1. The molecular formula is C20H23ClN2O5S. The van der Waals surface area contributed by atoms with Gasteiger partial charge in [0.1, 0.15) is 0 Å². The fourth-order valence-corrected chi connectivity index (χ4v) is 4.46. The maximum Gasteiger partial charge on any atom is 0.337 e. The Labute approximate surface area is 176 Å². The quantitative estimate of drug-likeness (QED) is 0.694. The number of nitrogens with zero attached hydrogens (tertiary/aromatic N) is 2. The van der Waals surface area contributed by atoms with Crippen LogP contribution in [-0.4, -0.2) is 57.7 Å². The lowest BCUT2D eigenvalue weighted by Crippen LogP contribution is -2.48. The van der Waals surface area contributed by atoms with Crippen LogP contribution in [0.1, 0.15) is 15.9 Å². The van der Waals surface area contributed by atoms with Gasteiger partial charge in [-0.1, -0.05) is 29.8 Å². The monoisotopic (exact) mass is 438 g/mol. The van der Waals surface area contributed by atoms with Crippen LogP contribution in [0.15, 0.2) is 48.5 Å². The summed E-state index contributed by atoms with van der Waals surface area (Å²) in [5, 5.41) is 0.508. The van der Waals surface area contributed by atoms with Gasteiger partial charge in [-0.25, -0.2) is 9.59 Å². The minimum atomic E-state index is -2.60. The number of halogens is 1. The van der Waals surface area contributed by atoms with Gasteiger partial charge in [0.2, 0.25) is 0 Å². The van der Waals surface area contributed by atoms with Crippen LogP contribution in [0, 0.1) is 0 Å². The van der Waals surface area contributed by atoms with Crippen LogP contribution in [0.4, 0.5) is 10.5 Å². The van der Waals surface area contributed by atoms with Crippen LogP contribution in [0.25, 0.3) is 0 Å². The third kappa shape index (κ3) is 5.42. The molecule has 1 heterocycles. The Balaban J connectivity index is 1.84. The molecule has 2 amide bonds. The molecule has 156 valence electrons. The second-order valence-corrected chi connectivity index (χ2v) is 9.59. The van der Waals surface area contributed by atoms with E-state index in [1.807, 2.05) is 0 Å². The van der Waals surface area contributed by atoms with Gasteiger partial charge in [0.05, 0.1) is 30.7 Å². The molecule has 1 saturated heterocycles. The minimum Gasteiger partial charge on any atom is -0.465 e. The first-order chi connectivity index (χ1) is 13.8. The first kappa shape index (κ1) is 21.4. The van der Waals surface area contributed by atoms with Gasteiger partial charge in [-0.15, -0.1) is 0 Å². The molecule has 0 spiro atoms. The highest BCUT2D eigenvalue weighted by Gasteiger charge is 2.29. The second kappa shape index (κ2) is 9.04. The van der Waals surface area contributed by atoms with E-state index in [1.54, 1.807) is 58.3 Å². The average Bonchev–Trinajstić information content (AvgIpc) is 2.71. The van der Waals surface area contributed by atoms with Crippen LogP contribution in [0.3, 0.4) is 0 Å². The lowest BCUT2D eigenvalue weighted by molar-refractivity contribution is 0.0600. The first-order valence-electron chi connectivity index (χ1n) is 9.02. The van der Waals surface area contributed by atoms with Gasteiger partial charge in [0, 0.05) is 23.8 Å². The number of ether oxygens (including phenoxy) is 1. The molecule has 3 rings (SSSR count). The van der Waals surface area contributed by atoms with Gasteiger partial charge in [-0.3, -0.25) is 14.0 Å². The Hall–Kier alpha value is -2.26. The molecule has 0 aromatic heterocycles. The Morgan fingerprint density at radius 3 is 2.38 bits per heavy atom. The van der Waals surface area contributed by atoms with E-state index in [2.05, 4.69) is 0 Å². The summed E-state index contributed by atoms with van der Waals surface area (Å²) in [6, 6.07) is 13.6. The van der Waals surface area contributed by atoms with Crippen LogP contribution >= 0.6 is 22.2 Å². The molecule has 1 aliphatic rings. The standard InChI is InChI=1S/C20H23ClN2O5S/c1-28-19(24)16-7-5-15(6-8-16)14-23(18-4-2-3-17(21)13-18)20(25)22-9-11-29(26,27)12-10-22/h2-8,13,26-27H,9-12,14H2,1H3. The zero-order valence-corrected chi connectivity index (χ0v) is 17.5. The third-order valence-electron chi connectivity index (χ3n) is 4.71. The zero-order chi connectivity index (χ0) is 21.0. The predicted molar refractivity (Wildman–Crippen MR) is 115 cm³/mol. The number of esters is 1. The molecule has 1 aliphatic heterocycles. The van der Waals surface area contributed by atoms with Crippen molar-refractivity contribution < 1.29 is 23.4 Å². The van der Waals surface area contributed by atoms with Gasteiger partial charge >= 0.3 is 12.0 Å². The van der Waals surface area contributed by atoms with Gasteiger partial charge in [0.25, 0.3) is 0 Å². The van der Waals surface area contributed by atoms with Gasteiger partial charge in [-0.2, -0.15) is 10.6 Å². The number of methoxy groups -OCH3 is 1. The van der Waals surface area contributed by atoms with Crippen LogP contribution in [-0.2, 0) is 11.3 Å². The van der Waals surface area contributed by atoms with Crippen LogP contribution in [0.2, 0.25) is 5.02 Å². The lowest BCUT2D eigenvalue weighted by atomic mass is 10.1. The number of hydrogen-bond acceptors (Lipinski definition) is 5. The van der Waals surface area contributed by atoms with Gasteiger partial charge < -0.3 is 9.64 Å². The maximum atomic E-state index is 13.2. The van der Waals surface area contributed by atoms with Crippen molar-refractivity contribution in [2.24, 2.45) is 0 Å². The largest absolute Gasteiger partial charge is 0.465 e. The number of amides is 2. The molecule has 0 saturated carbocycles. The van der Waals surface area contributed by atoms with Crippen molar-refractivity contribution >= 4 is 39.9 Å². The van der Waals surface area contributed by atoms with E-state index in [-0.39, 0.29) is 37.2 Å². The van der Waals surface area contributed by atoms with E-state index in [1.165, 1.54) is 7.11 Å². The van der Waals surface area contributed by atoms with Crippen molar-refractivity contribution in [3.63, 3.8) is 0 Å². The fourth-order valence-electron chi connectivity index (χ4n) is 3.05. The van der Waals surface area contributed by atoms with E-state index in [0.29, 0.717) is 16.3 Å². The molecule has 0 unspecified atom stereocenters. The number of benzene rings is 2. The van der Waals surface area contributed by atoms with Crippen molar-refractivity contribution in [1.29, 1.82) is 0 Å². The number of carbonyl (C=O) groups excluding carboxylic acids is 2. The highest BCUT2D eigenvalue weighted by molar-refractivity contribution is 8.24. The topological polar surface area (TPSA) is 90.3 Å². The molecule has 0 atom stereocenters. The van der Waals surface area contributed by atoms with Crippen molar-refractivity contribution in [3.8, 4) is 0 Å². The van der Waals surface area contributed by atoms with Crippen molar-refractivity contribution in [3.05, 3.63) is 64.7 Å². The lowest BCUT2D eigenvalue weighted by Gasteiger charge is -2.42. The summed E-state index contributed by atoms with van der Waals surface area (Å²) in [5.74, 6) is -0.0713. The predicted octanol–water partition coefficient (Wildman–Crippen LogP) is 4.32. The summed E-state index contributed by atoms with van der Waals surface area (Å²) in [5.41, 5.74) is 1.89. The van der Waals surface area contributed by atoms with Gasteiger partial charge in [-0.05, 0) is 35.9 Å². The maximum absolute atomic E-state index is 13.2. The smallest absolute Gasteiger partial charge is 0.337 e. The minimum absolute atomic E-state index is 0.177. The zero-order valence-electron chi connectivity index (χ0n) is 16.0. The van der Waals surface area contributed by atoms with Crippen molar-refractivity contribution in [1.82, 2.24) is 4.90 Å². The molecule has 2 N–H and O–H groups in total. The Morgan fingerprint density at radius 1 is 1.14 bits per heavy atom. The van der Waals surface area contributed by atoms with Crippen molar-refractivity contribution in [2.45, 2.75) is 6.54 Å². The van der Waals surface area contributed by atoms with E-state index in [4.69, 9.17) is 16.3 Å². The Bertz CT molecular complexity index is 881. The summed E-state index contributed by atoms with van der Waals surface area (Å²) in [4.78, 5) is 28.1. The average molecular weight is 439 g/mol. The van der Waals surface area contributed by atoms with Crippen molar-refractivity contribution in [2.75, 3.05) is 36.6 Å². The molecule has 1 fully saturated rings. The SMILES string of the molecule is COC(=O)c1ccc(CN(C(=O)N2CCS(O)(O)CC2)c2cccc(Cl)c2)cc1. The molecule has 2 aromatic carbocycles. The highest BCUT2D eigenvalue weighted by Crippen LogP contribution is 2.40. The molecule has 0 aliphatic carbocycles. The first-order valence-corrected chi connectivity index (χ1v) is 11.3. The summed E-state index contributed by atoms with van der Waals surface area (Å²) in [7, 11) is -1.27. The summed E-state index contributed by atoms with van der Waals surface area (Å²) >= 11 is 6.13. The number of carbonyl (C=O) groups is 2. The number of hydrogen-bond donors (Lipinski definition) is 2. The molecule has 0 radical (unpaired) electrons.